The topological polar surface area (TPSA) is 38.5 Å². The normalized spacial score (nSPS) is 24.1. The quantitative estimate of drug-likeness (QED) is 0.869. The summed E-state index contributed by atoms with van der Waals surface area (Å²) in [5.74, 6) is 1.76. The lowest BCUT2D eigenvalue weighted by atomic mass is 9.86. The molecule has 0 aromatic heterocycles. The molecule has 0 bridgehead atoms. The molecule has 1 aliphatic rings. The Morgan fingerprint density at radius 3 is 2.57 bits per heavy atom. The second-order valence-corrected chi connectivity index (χ2v) is 7.07. The molecule has 21 heavy (non-hydrogen) atoms. The molecular formula is C17H27BrN2O. The van der Waals surface area contributed by atoms with E-state index in [2.05, 4.69) is 40.9 Å². The molecule has 1 aliphatic carbocycles. The van der Waals surface area contributed by atoms with Gasteiger partial charge < -0.3 is 10.5 Å². The number of halogens is 1. The minimum Gasteiger partial charge on any atom is -0.497 e. The van der Waals surface area contributed by atoms with Crippen LogP contribution in [0.25, 0.3) is 0 Å². The van der Waals surface area contributed by atoms with Gasteiger partial charge in [0.1, 0.15) is 5.75 Å². The number of hydrogen-bond acceptors (Lipinski definition) is 3. The third kappa shape index (κ3) is 3.99. The van der Waals surface area contributed by atoms with Crippen LogP contribution in [0, 0.1) is 5.92 Å². The minimum absolute atomic E-state index is 0.230. The van der Waals surface area contributed by atoms with E-state index in [1.807, 2.05) is 12.1 Å². The summed E-state index contributed by atoms with van der Waals surface area (Å²) in [6.45, 7) is 2.98. The van der Waals surface area contributed by atoms with E-state index in [1.54, 1.807) is 7.11 Å². The van der Waals surface area contributed by atoms with Crippen molar-refractivity contribution in [1.82, 2.24) is 4.90 Å². The van der Waals surface area contributed by atoms with Gasteiger partial charge in [-0.2, -0.15) is 0 Å². The highest BCUT2D eigenvalue weighted by Gasteiger charge is 2.28. The molecule has 0 spiro atoms. The summed E-state index contributed by atoms with van der Waals surface area (Å²) in [5.41, 5.74) is 7.32. The van der Waals surface area contributed by atoms with Crippen LogP contribution in [0.4, 0.5) is 0 Å². The Balaban J connectivity index is 2.18. The predicted molar refractivity (Wildman–Crippen MR) is 91.7 cm³/mol. The highest BCUT2D eigenvalue weighted by Crippen LogP contribution is 2.34. The van der Waals surface area contributed by atoms with Gasteiger partial charge in [-0.05, 0) is 62.4 Å². The Bertz CT molecular complexity index is 458. The van der Waals surface area contributed by atoms with Crippen molar-refractivity contribution in [3.05, 3.63) is 28.2 Å². The van der Waals surface area contributed by atoms with Gasteiger partial charge >= 0.3 is 0 Å². The van der Waals surface area contributed by atoms with Crippen LogP contribution in [-0.4, -0.2) is 31.6 Å². The zero-order chi connectivity index (χ0) is 15.4. The molecule has 0 aliphatic heterocycles. The fraction of sp³-hybridized carbons (Fsp3) is 0.647. The van der Waals surface area contributed by atoms with E-state index >= 15 is 0 Å². The molecule has 4 heteroatoms. The third-order valence-corrected chi connectivity index (χ3v) is 5.56. The first-order chi connectivity index (χ1) is 10.1. The number of likely N-dealkylation sites (N-methyl/N-ethyl adjacent to an activating group) is 1. The van der Waals surface area contributed by atoms with Crippen molar-refractivity contribution in [3.8, 4) is 5.75 Å². The standard InChI is InChI=1S/C17H27BrN2O/c1-12-4-6-13(7-5-12)20(2)17(11-19)15-10-14(21-3)8-9-16(15)18/h8-10,12-13,17H,4-7,11,19H2,1-3H3. The van der Waals surface area contributed by atoms with Crippen LogP contribution < -0.4 is 10.5 Å². The molecular weight excluding hydrogens is 328 g/mol. The first kappa shape index (κ1) is 16.8. The fourth-order valence-electron chi connectivity index (χ4n) is 3.32. The zero-order valence-corrected chi connectivity index (χ0v) is 14.9. The van der Waals surface area contributed by atoms with Gasteiger partial charge in [0.25, 0.3) is 0 Å². The van der Waals surface area contributed by atoms with Gasteiger partial charge in [-0.15, -0.1) is 0 Å². The van der Waals surface area contributed by atoms with Crippen LogP contribution in [-0.2, 0) is 0 Å². The van der Waals surface area contributed by atoms with Crippen LogP contribution in [0.15, 0.2) is 22.7 Å². The lowest BCUT2D eigenvalue weighted by Gasteiger charge is -2.38. The van der Waals surface area contributed by atoms with Crippen molar-refractivity contribution in [3.63, 3.8) is 0 Å². The molecule has 1 unspecified atom stereocenters. The van der Waals surface area contributed by atoms with Crippen molar-refractivity contribution < 1.29 is 4.74 Å². The summed E-state index contributed by atoms with van der Waals surface area (Å²) in [7, 11) is 3.92. The van der Waals surface area contributed by atoms with E-state index < -0.39 is 0 Å². The van der Waals surface area contributed by atoms with E-state index in [-0.39, 0.29) is 6.04 Å². The molecule has 3 nitrogen and oxygen atoms in total. The lowest BCUT2D eigenvalue weighted by Crippen LogP contribution is -2.40. The Hall–Kier alpha value is -0.580. The number of benzene rings is 1. The van der Waals surface area contributed by atoms with Crippen molar-refractivity contribution in [2.45, 2.75) is 44.7 Å². The van der Waals surface area contributed by atoms with Crippen molar-refractivity contribution in [1.29, 1.82) is 0 Å². The Morgan fingerprint density at radius 2 is 2.00 bits per heavy atom. The summed E-state index contributed by atoms with van der Waals surface area (Å²) in [6.07, 6.45) is 5.20. The number of nitrogens with two attached hydrogens (primary N) is 1. The summed E-state index contributed by atoms with van der Waals surface area (Å²) in [5, 5.41) is 0. The summed E-state index contributed by atoms with van der Waals surface area (Å²) >= 11 is 3.67. The summed E-state index contributed by atoms with van der Waals surface area (Å²) in [4.78, 5) is 2.46. The van der Waals surface area contributed by atoms with Gasteiger partial charge in [0.05, 0.1) is 7.11 Å². The minimum atomic E-state index is 0.230. The monoisotopic (exact) mass is 354 g/mol. The average molecular weight is 355 g/mol. The molecule has 1 aromatic carbocycles. The zero-order valence-electron chi connectivity index (χ0n) is 13.3. The predicted octanol–water partition coefficient (Wildman–Crippen LogP) is 3.97. The molecule has 118 valence electrons. The molecule has 1 aromatic rings. The molecule has 0 radical (unpaired) electrons. The van der Waals surface area contributed by atoms with Crippen LogP contribution >= 0.6 is 15.9 Å². The van der Waals surface area contributed by atoms with E-state index in [1.165, 1.54) is 31.2 Å². The van der Waals surface area contributed by atoms with Gasteiger partial charge in [0, 0.05) is 23.1 Å². The Morgan fingerprint density at radius 1 is 1.33 bits per heavy atom. The number of rotatable bonds is 5. The summed E-state index contributed by atoms with van der Waals surface area (Å²) in [6, 6.07) is 6.99. The molecule has 0 saturated heterocycles. The van der Waals surface area contributed by atoms with Crippen LogP contribution in [0.5, 0.6) is 5.75 Å². The van der Waals surface area contributed by atoms with Gasteiger partial charge in [0.15, 0.2) is 0 Å². The van der Waals surface area contributed by atoms with E-state index in [4.69, 9.17) is 10.5 Å². The van der Waals surface area contributed by atoms with Gasteiger partial charge in [0.2, 0.25) is 0 Å². The molecule has 2 N–H and O–H groups in total. The SMILES string of the molecule is COc1ccc(Br)c(C(CN)N(C)C2CCC(C)CC2)c1. The van der Waals surface area contributed by atoms with Crippen LogP contribution in [0.3, 0.4) is 0 Å². The molecule has 1 saturated carbocycles. The molecule has 1 fully saturated rings. The van der Waals surface area contributed by atoms with E-state index in [0.29, 0.717) is 12.6 Å². The maximum absolute atomic E-state index is 6.10. The maximum atomic E-state index is 6.10. The number of hydrogen-bond donors (Lipinski definition) is 1. The molecule has 1 atom stereocenters. The van der Waals surface area contributed by atoms with Gasteiger partial charge in [-0.25, -0.2) is 0 Å². The van der Waals surface area contributed by atoms with Crippen molar-refractivity contribution in [2.75, 3.05) is 20.7 Å². The first-order valence-corrected chi connectivity index (χ1v) is 8.61. The van der Waals surface area contributed by atoms with Crippen LogP contribution in [0.1, 0.15) is 44.2 Å². The highest BCUT2D eigenvalue weighted by molar-refractivity contribution is 9.10. The van der Waals surface area contributed by atoms with E-state index in [9.17, 15) is 0 Å². The highest BCUT2D eigenvalue weighted by atomic mass is 79.9. The van der Waals surface area contributed by atoms with Gasteiger partial charge in [-0.3, -0.25) is 4.90 Å². The van der Waals surface area contributed by atoms with Crippen molar-refractivity contribution in [2.24, 2.45) is 11.7 Å². The van der Waals surface area contributed by atoms with Crippen molar-refractivity contribution >= 4 is 15.9 Å². The molecule has 0 heterocycles. The summed E-state index contributed by atoms with van der Waals surface area (Å²) < 4.78 is 6.47. The van der Waals surface area contributed by atoms with Crippen LogP contribution in [0.2, 0.25) is 0 Å². The lowest BCUT2D eigenvalue weighted by molar-refractivity contribution is 0.126. The largest absolute Gasteiger partial charge is 0.497 e. The Labute approximate surface area is 137 Å². The second-order valence-electron chi connectivity index (χ2n) is 6.22. The second kappa shape index (κ2) is 7.61. The Kier molecular flexibility index (Phi) is 6.08. The number of ether oxygens (including phenoxy) is 1. The molecule has 0 amide bonds. The third-order valence-electron chi connectivity index (χ3n) is 4.84. The fourth-order valence-corrected chi connectivity index (χ4v) is 3.83. The van der Waals surface area contributed by atoms with Gasteiger partial charge in [-0.1, -0.05) is 22.9 Å². The number of nitrogens with zero attached hydrogens (tertiary/aromatic N) is 1. The van der Waals surface area contributed by atoms with E-state index in [0.717, 1.165) is 16.1 Å². The smallest absolute Gasteiger partial charge is 0.119 e. The molecule has 2 rings (SSSR count). The maximum Gasteiger partial charge on any atom is 0.119 e. The first-order valence-electron chi connectivity index (χ1n) is 7.82. The average Bonchev–Trinajstić information content (AvgIpc) is 2.50. The number of methoxy groups -OCH3 is 1.